The van der Waals surface area contributed by atoms with Gasteiger partial charge in [0.05, 0.1) is 11.8 Å². The highest BCUT2D eigenvalue weighted by Gasteiger charge is 2.23. The van der Waals surface area contributed by atoms with Crippen LogP contribution in [0.25, 0.3) is 11.6 Å². The number of anilines is 1. The Kier molecular flexibility index (Phi) is 4.53. The van der Waals surface area contributed by atoms with Crippen LogP contribution in [-0.4, -0.2) is 17.8 Å². The number of rotatable bonds is 3. The summed E-state index contributed by atoms with van der Waals surface area (Å²) in [6.45, 7) is 0.610. The Morgan fingerprint density at radius 2 is 1.88 bits per heavy atom. The van der Waals surface area contributed by atoms with E-state index < -0.39 is 0 Å². The summed E-state index contributed by atoms with van der Waals surface area (Å²) in [5, 5.41) is 14.9. The lowest BCUT2D eigenvalue weighted by Crippen LogP contribution is -2.16. The van der Waals surface area contributed by atoms with Gasteiger partial charge in [0.15, 0.2) is 0 Å². The molecule has 25 heavy (non-hydrogen) atoms. The number of hydrogen-bond donors (Lipinski definition) is 2. The monoisotopic (exact) mass is 375 g/mol. The van der Waals surface area contributed by atoms with Gasteiger partial charge in [0.2, 0.25) is 0 Å². The Balaban J connectivity index is 1.71. The summed E-state index contributed by atoms with van der Waals surface area (Å²) in [4.78, 5) is 0. The Morgan fingerprint density at radius 3 is 2.64 bits per heavy atom. The summed E-state index contributed by atoms with van der Waals surface area (Å²) >= 11 is 12.3. The van der Waals surface area contributed by atoms with Crippen molar-refractivity contribution >= 4 is 40.5 Å². The Bertz CT molecular complexity index is 842. The molecule has 0 saturated heterocycles. The Morgan fingerprint density at radius 1 is 1.08 bits per heavy atom. The van der Waals surface area contributed by atoms with Crippen molar-refractivity contribution in [3.8, 4) is 11.5 Å². The molecule has 0 bridgehead atoms. The number of benzene rings is 2. The molecule has 0 spiro atoms. The molecule has 2 aliphatic rings. The van der Waals surface area contributed by atoms with Gasteiger partial charge in [0.1, 0.15) is 11.5 Å². The van der Waals surface area contributed by atoms with E-state index >= 15 is 0 Å². The third-order valence-corrected chi connectivity index (χ3v) is 5.38. The van der Waals surface area contributed by atoms with Crippen LogP contribution in [0.1, 0.15) is 36.8 Å². The highest BCUT2D eigenvalue weighted by Crippen LogP contribution is 2.42. The molecular weight excluding hydrogens is 357 g/mol. The summed E-state index contributed by atoms with van der Waals surface area (Å²) in [5.74, 6) is 1.03. The van der Waals surface area contributed by atoms with Crippen LogP contribution in [0.5, 0.6) is 11.5 Å². The van der Waals surface area contributed by atoms with Crippen molar-refractivity contribution < 1.29 is 9.84 Å². The lowest BCUT2D eigenvalue weighted by Gasteiger charge is -2.24. The van der Waals surface area contributed by atoms with Crippen LogP contribution >= 0.6 is 23.2 Å². The van der Waals surface area contributed by atoms with Crippen LogP contribution in [0, 0.1) is 0 Å². The van der Waals surface area contributed by atoms with Crippen LogP contribution in [-0.2, 0) is 0 Å². The third kappa shape index (κ3) is 3.31. The van der Waals surface area contributed by atoms with E-state index in [1.165, 1.54) is 12.8 Å². The first-order chi connectivity index (χ1) is 12.1. The molecule has 2 aromatic rings. The van der Waals surface area contributed by atoms with E-state index in [2.05, 4.69) is 5.32 Å². The molecule has 1 heterocycles. The number of nitrogens with one attached hydrogen (secondary N) is 1. The van der Waals surface area contributed by atoms with Crippen LogP contribution < -0.4 is 10.1 Å². The minimum Gasteiger partial charge on any atom is -0.507 e. The molecule has 2 aromatic carbocycles. The number of hydrogen-bond acceptors (Lipinski definition) is 3. The van der Waals surface area contributed by atoms with Crippen LogP contribution in [0.15, 0.2) is 30.3 Å². The van der Waals surface area contributed by atoms with Gasteiger partial charge in [-0.1, -0.05) is 29.3 Å². The van der Waals surface area contributed by atoms with E-state index in [1.54, 1.807) is 12.1 Å². The largest absolute Gasteiger partial charge is 0.507 e. The quantitative estimate of drug-likeness (QED) is 0.692. The normalized spacial score (nSPS) is 17.0. The second-order valence-corrected chi connectivity index (χ2v) is 7.39. The van der Waals surface area contributed by atoms with Crippen LogP contribution in [0.4, 0.5) is 5.69 Å². The fourth-order valence-corrected chi connectivity index (χ4v) is 4.06. The highest BCUT2D eigenvalue weighted by molar-refractivity contribution is 6.36. The van der Waals surface area contributed by atoms with Crippen LogP contribution in [0.3, 0.4) is 0 Å². The molecule has 2 N–H and O–H groups in total. The Hall–Kier alpha value is -1.84. The number of fused-ring (bicyclic) bond motifs is 1. The minimum absolute atomic E-state index is 0.226. The maximum atomic E-state index is 10.3. The lowest BCUT2D eigenvalue weighted by molar-refractivity contribution is 0.211. The molecule has 1 saturated carbocycles. The van der Waals surface area contributed by atoms with E-state index in [4.69, 9.17) is 27.9 Å². The second kappa shape index (κ2) is 6.81. The molecule has 0 atom stereocenters. The van der Waals surface area contributed by atoms with Crippen molar-refractivity contribution in [3.05, 3.63) is 51.5 Å². The van der Waals surface area contributed by atoms with Crippen molar-refractivity contribution in [2.45, 2.75) is 31.8 Å². The second-order valence-electron chi connectivity index (χ2n) is 6.54. The van der Waals surface area contributed by atoms with Gasteiger partial charge in [-0.05, 0) is 67.2 Å². The van der Waals surface area contributed by atoms with Gasteiger partial charge in [-0.15, -0.1) is 0 Å². The molecular formula is C20H19Cl2NO2. The summed E-state index contributed by atoms with van der Waals surface area (Å²) in [7, 11) is 0. The average Bonchev–Trinajstić information content (AvgIpc) is 3.10. The van der Waals surface area contributed by atoms with Gasteiger partial charge >= 0.3 is 0 Å². The van der Waals surface area contributed by atoms with Crippen molar-refractivity contribution in [2.24, 2.45) is 0 Å². The maximum Gasteiger partial charge on any atom is 0.143 e. The van der Waals surface area contributed by atoms with Crippen LogP contribution in [0.2, 0.25) is 10.0 Å². The number of phenolic OH excluding ortho intramolecular Hbond substituents is 1. The average molecular weight is 376 g/mol. The van der Waals surface area contributed by atoms with Crippen molar-refractivity contribution in [1.82, 2.24) is 0 Å². The number of aromatic hydroxyl groups is 1. The van der Waals surface area contributed by atoms with Gasteiger partial charge in [0, 0.05) is 22.2 Å². The van der Waals surface area contributed by atoms with E-state index in [-0.39, 0.29) is 11.9 Å². The summed E-state index contributed by atoms with van der Waals surface area (Å²) < 4.78 is 6.16. The first kappa shape index (κ1) is 16.6. The Labute approximate surface area is 157 Å². The molecule has 1 aliphatic carbocycles. The zero-order chi connectivity index (χ0) is 17.4. The molecule has 0 amide bonds. The third-order valence-electron chi connectivity index (χ3n) is 4.83. The molecule has 3 nitrogen and oxygen atoms in total. The topological polar surface area (TPSA) is 41.5 Å². The molecule has 130 valence electrons. The first-order valence-corrected chi connectivity index (χ1v) is 9.30. The predicted octanol–water partition coefficient (Wildman–Crippen LogP) is 5.99. The molecule has 0 aromatic heterocycles. The van der Waals surface area contributed by atoms with E-state index in [0.29, 0.717) is 16.6 Å². The summed E-state index contributed by atoms with van der Waals surface area (Å²) in [6, 6.07) is 8.98. The first-order valence-electron chi connectivity index (χ1n) is 8.54. The molecule has 1 fully saturated rings. The highest BCUT2D eigenvalue weighted by atomic mass is 35.5. The predicted molar refractivity (Wildman–Crippen MR) is 104 cm³/mol. The standard InChI is InChI=1S/C20H19Cl2NO2/c21-13-5-6-15(17(22)10-13)12-9-16-18(24)7-8-19(20(16)23-11-12)25-14-3-1-2-4-14/h5-10,14,23-24H,1-4,11H2. The smallest absolute Gasteiger partial charge is 0.143 e. The number of ether oxygens (including phenoxy) is 1. The molecule has 1 aliphatic heterocycles. The van der Waals surface area contributed by atoms with E-state index in [1.807, 2.05) is 24.3 Å². The van der Waals surface area contributed by atoms with E-state index in [0.717, 1.165) is 41.0 Å². The number of halogens is 2. The zero-order valence-corrected chi connectivity index (χ0v) is 15.2. The summed E-state index contributed by atoms with van der Waals surface area (Å²) in [5.41, 5.74) is 3.50. The minimum atomic E-state index is 0.226. The number of phenols is 1. The zero-order valence-electron chi connectivity index (χ0n) is 13.7. The van der Waals surface area contributed by atoms with Crippen molar-refractivity contribution in [3.63, 3.8) is 0 Å². The molecule has 0 radical (unpaired) electrons. The summed E-state index contributed by atoms with van der Waals surface area (Å²) in [6.07, 6.45) is 6.87. The van der Waals surface area contributed by atoms with Crippen molar-refractivity contribution in [1.29, 1.82) is 0 Å². The molecule has 0 unspecified atom stereocenters. The van der Waals surface area contributed by atoms with Gasteiger partial charge < -0.3 is 15.2 Å². The fraction of sp³-hybridized carbons (Fsp3) is 0.300. The van der Waals surface area contributed by atoms with Crippen molar-refractivity contribution in [2.75, 3.05) is 11.9 Å². The fourth-order valence-electron chi connectivity index (χ4n) is 3.53. The molecule has 5 heteroatoms. The van der Waals surface area contributed by atoms with Gasteiger partial charge in [-0.2, -0.15) is 0 Å². The van der Waals surface area contributed by atoms with E-state index in [9.17, 15) is 5.11 Å². The SMILES string of the molecule is Oc1ccc(OC2CCCC2)c2c1C=C(c1ccc(Cl)cc1Cl)CN2. The molecule has 4 rings (SSSR count). The maximum absolute atomic E-state index is 10.3. The van der Waals surface area contributed by atoms with Gasteiger partial charge in [0.25, 0.3) is 0 Å². The lowest BCUT2D eigenvalue weighted by atomic mass is 9.97. The van der Waals surface area contributed by atoms with Gasteiger partial charge in [-0.3, -0.25) is 0 Å². The van der Waals surface area contributed by atoms with Gasteiger partial charge in [-0.25, -0.2) is 0 Å².